The van der Waals surface area contributed by atoms with E-state index in [-0.39, 0.29) is 6.42 Å². The Labute approximate surface area is 244 Å². The van der Waals surface area contributed by atoms with Crippen molar-refractivity contribution in [1.82, 2.24) is 4.98 Å². The van der Waals surface area contributed by atoms with Gasteiger partial charge in [-0.05, 0) is 79.1 Å². The number of ether oxygens (including phenoxy) is 2. The van der Waals surface area contributed by atoms with Crippen LogP contribution in [0, 0.1) is 6.92 Å². The van der Waals surface area contributed by atoms with Gasteiger partial charge in [0.2, 0.25) is 11.5 Å². The molecule has 0 spiro atoms. The summed E-state index contributed by atoms with van der Waals surface area (Å²) in [7, 11) is 0. The van der Waals surface area contributed by atoms with Crippen LogP contribution < -0.4 is 9.47 Å². The molecule has 0 radical (unpaired) electrons. The molecule has 208 valence electrons. The monoisotopic (exact) mass is 567 g/mol. The molecule has 1 N–H and O–H groups in total. The quantitative estimate of drug-likeness (QED) is 0.174. The number of rotatable bonds is 11. The zero-order valence-corrected chi connectivity index (χ0v) is 23.6. The van der Waals surface area contributed by atoms with Crippen molar-refractivity contribution in [2.45, 2.75) is 32.3 Å². The molecule has 0 saturated carbocycles. The van der Waals surface area contributed by atoms with Crippen LogP contribution in [0.5, 0.6) is 11.5 Å². The van der Waals surface area contributed by atoms with Gasteiger partial charge in [0.25, 0.3) is 0 Å². The van der Waals surface area contributed by atoms with Crippen molar-refractivity contribution in [2.75, 3.05) is 6.61 Å². The van der Waals surface area contributed by atoms with E-state index in [9.17, 15) is 9.90 Å². The molecular weight excluding hydrogens is 538 g/mol. The Morgan fingerprint density at radius 2 is 1.54 bits per heavy atom. The Hall–Kier alpha value is -4.55. The van der Waals surface area contributed by atoms with Gasteiger partial charge in [0.05, 0.1) is 12.3 Å². The molecule has 7 heteroatoms. The number of aliphatic carboxylic acids is 1. The minimum absolute atomic E-state index is 0.178. The molecule has 1 unspecified atom stereocenters. The van der Waals surface area contributed by atoms with Gasteiger partial charge in [-0.25, -0.2) is 9.78 Å². The van der Waals surface area contributed by atoms with E-state index < -0.39 is 11.6 Å². The first-order chi connectivity index (χ1) is 19.8. The van der Waals surface area contributed by atoms with Crippen LogP contribution in [0.3, 0.4) is 0 Å². The second-order valence-electron chi connectivity index (χ2n) is 9.98. The summed E-state index contributed by atoms with van der Waals surface area (Å²) in [6.07, 6.45) is 0.763. The van der Waals surface area contributed by atoms with Crippen LogP contribution in [-0.4, -0.2) is 28.3 Å². The Bertz CT molecular complexity index is 1610. The van der Waals surface area contributed by atoms with Crippen molar-refractivity contribution in [3.8, 4) is 34.1 Å². The maximum Gasteiger partial charge on any atom is 0.348 e. The van der Waals surface area contributed by atoms with E-state index >= 15 is 0 Å². The fraction of sp³-hybridized carbons (Fsp3) is 0.176. The highest BCUT2D eigenvalue weighted by atomic mass is 35.5. The molecule has 0 aliphatic carbocycles. The number of aryl methyl sites for hydroxylation is 1. The zero-order chi connectivity index (χ0) is 28.8. The van der Waals surface area contributed by atoms with Gasteiger partial charge >= 0.3 is 5.97 Å². The van der Waals surface area contributed by atoms with Crippen molar-refractivity contribution in [2.24, 2.45) is 0 Å². The van der Waals surface area contributed by atoms with Gasteiger partial charge in [-0.1, -0.05) is 66.2 Å². The van der Waals surface area contributed by atoms with Gasteiger partial charge < -0.3 is 19.0 Å². The maximum atomic E-state index is 12.1. The largest absolute Gasteiger partial charge is 0.493 e. The minimum atomic E-state index is -1.45. The van der Waals surface area contributed by atoms with Crippen molar-refractivity contribution in [3.63, 3.8) is 0 Å². The molecule has 1 atom stereocenters. The van der Waals surface area contributed by atoms with Crippen LogP contribution >= 0.6 is 11.6 Å². The Morgan fingerprint density at radius 1 is 0.878 bits per heavy atom. The van der Waals surface area contributed by atoms with Crippen molar-refractivity contribution >= 4 is 17.6 Å². The summed E-state index contributed by atoms with van der Waals surface area (Å²) < 4.78 is 17.8. The third-order valence-electron chi connectivity index (χ3n) is 6.79. The van der Waals surface area contributed by atoms with Gasteiger partial charge in [0.1, 0.15) is 17.3 Å². The van der Waals surface area contributed by atoms with Crippen LogP contribution in [0.1, 0.15) is 23.9 Å². The first-order valence-corrected chi connectivity index (χ1v) is 13.7. The van der Waals surface area contributed by atoms with E-state index in [1.165, 1.54) is 0 Å². The summed E-state index contributed by atoms with van der Waals surface area (Å²) in [5.74, 6) is 1.41. The Kier molecular flexibility index (Phi) is 8.41. The van der Waals surface area contributed by atoms with Crippen molar-refractivity contribution < 1.29 is 23.8 Å². The van der Waals surface area contributed by atoms with E-state index in [0.29, 0.717) is 35.4 Å². The normalized spacial score (nSPS) is 12.5. The zero-order valence-electron chi connectivity index (χ0n) is 22.8. The summed E-state index contributed by atoms with van der Waals surface area (Å²) >= 11 is 5.93. The summed E-state index contributed by atoms with van der Waals surface area (Å²) in [5.41, 5.74) is 3.38. The SMILES string of the molecule is Cc1oc(-c2cccc(-c3ccccc3)c2)nc1CCOc1ccc(CC(C)(Oc2ccc(Cl)cc2)C(=O)O)cc1. The lowest BCUT2D eigenvalue weighted by molar-refractivity contribution is -0.153. The molecular formula is C34H30ClNO5. The summed E-state index contributed by atoms with van der Waals surface area (Å²) in [6.45, 7) is 3.89. The van der Waals surface area contributed by atoms with Crippen LogP contribution in [0.2, 0.25) is 5.02 Å². The lowest BCUT2D eigenvalue weighted by atomic mass is 9.96. The van der Waals surface area contributed by atoms with Gasteiger partial charge in [-0.2, -0.15) is 0 Å². The van der Waals surface area contributed by atoms with Crippen LogP contribution in [-0.2, 0) is 17.6 Å². The molecule has 4 aromatic carbocycles. The number of halogens is 1. The molecule has 1 aromatic heterocycles. The van der Waals surface area contributed by atoms with Crippen LogP contribution in [0.15, 0.2) is 108 Å². The average molecular weight is 568 g/mol. The fourth-order valence-electron chi connectivity index (χ4n) is 4.52. The van der Waals surface area contributed by atoms with E-state index in [4.69, 9.17) is 30.5 Å². The predicted octanol–water partition coefficient (Wildman–Crippen LogP) is 8.06. The van der Waals surface area contributed by atoms with E-state index in [1.54, 1.807) is 31.2 Å². The second-order valence-corrected chi connectivity index (χ2v) is 10.4. The molecule has 6 nitrogen and oxygen atoms in total. The molecule has 0 amide bonds. The predicted molar refractivity (Wildman–Crippen MR) is 160 cm³/mol. The molecule has 0 aliphatic heterocycles. The second kappa shape index (κ2) is 12.3. The summed E-state index contributed by atoms with van der Waals surface area (Å²) in [5, 5.41) is 10.4. The maximum absolute atomic E-state index is 12.1. The topological polar surface area (TPSA) is 81.8 Å². The van der Waals surface area contributed by atoms with Gasteiger partial charge in [-0.3, -0.25) is 0 Å². The first-order valence-electron chi connectivity index (χ1n) is 13.3. The molecule has 41 heavy (non-hydrogen) atoms. The lowest BCUT2D eigenvalue weighted by Crippen LogP contribution is -2.43. The van der Waals surface area contributed by atoms with Crippen molar-refractivity contribution in [1.29, 1.82) is 0 Å². The van der Waals surface area contributed by atoms with E-state index in [2.05, 4.69) is 24.3 Å². The summed E-state index contributed by atoms with van der Waals surface area (Å²) in [4.78, 5) is 16.8. The Morgan fingerprint density at radius 3 is 2.24 bits per heavy atom. The highest BCUT2D eigenvalue weighted by Crippen LogP contribution is 2.28. The summed E-state index contributed by atoms with van der Waals surface area (Å²) in [6, 6.07) is 32.3. The molecule has 0 aliphatic rings. The molecule has 0 saturated heterocycles. The number of carboxylic acids is 1. The van der Waals surface area contributed by atoms with Crippen LogP contribution in [0.4, 0.5) is 0 Å². The van der Waals surface area contributed by atoms with E-state index in [0.717, 1.165) is 33.7 Å². The first kappa shape index (κ1) is 28.0. The highest BCUT2D eigenvalue weighted by molar-refractivity contribution is 6.30. The van der Waals surface area contributed by atoms with Crippen LogP contribution in [0.25, 0.3) is 22.6 Å². The van der Waals surface area contributed by atoms with Gasteiger partial charge in [0, 0.05) is 23.4 Å². The average Bonchev–Trinajstić information content (AvgIpc) is 3.36. The molecule has 0 fully saturated rings. The number of oxazole rings is 1. The third kappa shape index (κ3) is 6.97. The number of carboxylic acid groups (broad SMARTS) is 1. The number of hydrogen-bond acceptors (Lipinski definition) is 5. The molecule has 5 rings (SSSR count). The Balaban J connectivity index is 1.19. The lowest BCUT2D eigenvalue weighted by Gasteiger charge is -2.26. The van der Waals surface area contributed by atoms with Gasteiger partial charge in [-0.15, -0.1) is 0 Å². The number of aromatic nitrogens is 1. The van der Waals surface area contributed by atoms with Crippen molar-refractivity contribution in [3.05, 3.63) is 125 Å². The number of hydrogen-bond donors (Lipinski definition) is 1. The standard InChI is InChI=1S/C34H30ClNO5/c1-23-31(36-32(40-23)27-10-6-9-26(21-27)25-7-4-3-5-8-25)19-20-39-29-15-11-24(12-16-29)22-34(2,33(37)38)41-30-17-13-28(35)14-18-30/h3-18,21H,19-20,22H2,1-2H3,(H,37,38). The van der Waals surface area contributed by atoms with E-state index in [1.807, 2.05) is 61.5 Å². The highest BCUT2D eigenvalue weighted by Gasteiger charge is 2.36. The molecule has 0 bridgehead atoms. The smallest absolute Gasteiger partial charge is 0.348 e. The minimum Gasteiger partial charge on any atom is -0.493 e. The number of nitrogens with zero attached hydrogens (tertiary/aromatic N) is 1. The third-order valence-corrected chi connectivity index (χ3v) is 7.04. The van der Waals surface area contributed by atoms with Gasteiger partial charge in [0.15, 0.2) is 0 Å². The molecule has 5 aromatic rings. The number of carbonyl (C=O) groups is 1. The molecule has 1 heterocycles. The fourth-order valence-corrected chi connectivity index (χ4v) is 4.65. The number of benzene rings is 4.